The third-order valence-corrected chi connectivity index (χ3v) is 4.35. The second kappa shape index (κ2) is 10.3. The average molecular weight is 423 g/mol. The van der Waals surface area contributed by atoms with E-state index in [1.165, 1.54) is 12.8 Å². The molecule has 2 aromatic heterocycles. The topological polar surface area (TPSA) is 67.7 Å². The zero-order valence-electron chi connectivity index (χ0n) is 15.3. The minimum atomic E-state index is -0.0241. The molecule has 2 heterocycles. The summed E-state index contributed by atoms with van der Waals surface area (Å²) in [6.45, 7) is 1.68. The van der Waals surface area contributed by atoms with Crippen LogP contribution in [0, 0.1) is 5.92 Å². The van der Waals surface area contributed by atoms with E-state index >= 15 is 0 Å². The van der Waals surface area contributed by atoms with Crippen LogP contribution in [0.1, 0.15) is 18.5 Å². The maximum atomic E-state index is 11.9. The minimum Gasteiger partial charge on any atom is -0.487 e. The second-order valence-corrected chi connectivity index (χ2v) is 6.63. The van der Waals surface area contributed by atoms with Crippen LogP contribution in [0.25, 0.3) is 5.65 Å². The molecule has 0 aliphatic heterocycles. The zero-order valence-corrected chi connectivity index (χ0v) is 17.0. The molecule has 1 aliphatic rings. The first-order chi connectivity index (χ1) is 12.8. The summed E-state index contributed by atoms with van der Waals surface area (Å²) in [6.07, 6.45) is 6.48. The highest BCUT2D eigenvalue weighted by Crippen LogP contribution is 2.27. The molecule has 4 rings (SSSR count). The Balaban J connectivity index is 0.00000140. The van der Waals surface area contributed by atoms with Gasteiger partial charge in [0.2, 0.25) is 5.91 Å². The van der Waals surface area contributed by atoms with Gasteiger partial charge in [0.15, 0.2) is 0 Å². The normalized spacial score (nSPS) is 12.7. The Morgan fingerprint density at radius 2 is 1.93 bits per heavy atom. The van der Waals surface area contributed by atoms with Crippen molar-refractivity contribution in [3.05, 3.63) is 60.6 Å². The van der Waals surface area contributed by atoms with E-state index in [1.54, 1.807) is 0 Å². The van der Waals surface area contributed by atoms with Crippen molar-refractivity contribution in [2.75, 3.05) is 18.4 Å². The maximum Gasteiger partial charge on any atom is 0.238 e. The summed E-state index contributed by atoms with van der Waals surface area (Å²) in [6, 6.07) is 13.3. The van der Waals surface area contributed by atoms with E-state index in [-0.39, 0.29) is 30.7 Å². The van der Waals surface area contributed by atoms with E-state index in [4.69, 9.17) is 4.74 Å². The fraction of sp³-hybridized carbons (Fsp3) is 0.300. The molecule has 6 nitrogen and oxygen atoms in total. The Morgan fingerprint density at radius 3 is 2.64 bits per heavy atom. The number of imidazole rings is 1. The van der Waals surface area contributed by atoms with Gasteiger partial charge in [0.05, 0.1) is 12.2 Å². The number of nitrogens with zero attached hydrogens (tertiary/aromatic N) is 2. The van der Waals surface area contributed by atoms with Gasteiger partial charge in [-0.15, -0.1) is 24.8 Å². The molecule has 28 heavy (non-hydrogen) atoms. The van der Waals surface area contributed by atoms with Gasteiger partial charge in [-0.25, -0.2) is 4.98 Å². The number of anilines is 1. The summed E-state index contributed by atoms with van der Waals surface area (Å²) < 4.78 is 7.75. The fourth-order valence-corrected chi connectivity index (χ4v) is 2.77. The third kappa shape index (κ3) is 6.12. The van der Waals surface area contributed by atoms with E-state index in [1.807, 2.05) is 59.3 Å². The molecule has 1 fully saturated rings. The standard InChI is InChI=1S/C20H22N4O2.2ClH/c25-20(12-21-11-15-4-5-15)23-16-6-8-18(9-7-16)26-14-17-13-24-10-2-1-3-19(24)22-17;;/h1-3,6-10,13,15,21H,4-5,11-12,14H2,(H,23,25);2*1H. The fourth-order valence-electron chi connectivity index (χ4n) is 2.77. The lowest BCUT2D eigenvalue weighted by atomic mass is 10.3. The van der Waals surface area contributed by atoms with Crippen molar-refractivity contribution in [3.63, 3.8) is 0 Å². The van der Waals surface area contributed by atoms with Gasteiger partial charge in [-0.2, -0.15) is 0 Å². The Kier molecular flexibility index (Phi) is 8.11. The number of carbonyl (C=O) groups excluding carboxylic acids is 1. The average Bonchev–Trinajstić information content (AvgIpc) is 3.38. The van der Waals surface area contributed by atoms with Gasteiger partial charge in [-0.3, -0.25) is 4.79 Å². The Morgan fingerprint density at radius 1 is 1.14 bits per heavy atom. The number of carbonyl (C=O) groups is 1. The number of nitrogens with one attached hydrogen (secondary N) is 2. The van der Waals surface area contributed by atoms with Crippen LogP contribution in [-0.4, -0.2) is 28.4 Å². The van der Waals surface area contributed by atoms with Crippen molar-refractivity contribution in [1.29, 1.82) is 0 Å². The molecule has 0 atom stereocenters. The van der Waals surface area contributed by atoms with Gasteiger partial charge in [-0.05, 0) is 61.7 Å². The molecule has 3 aromatic rings. The molecule has 0 bridgehead atoms. The Labute approximate surface area is 176 Å². The number of amides is 1. The first-order valence-corrected chi connectivity index (χ1v) is 8.92. The summed E-state index contributed by atoms with van der Waals surface area (Å²) in [5, 5.41) is 6.06. The van der Waals surface area contributed by atoms with E-state index in [2.05, 4.69) is 15.6 Å². The molecule has 0 spiro atoms. The molecular formula is C20H24Cl2N4O2. The van der Waals surface area contributed by atoms with Gasteiger partial charge in [-0.1, -0.05) is 6.07 Å². The quantitative estimate of drug-likeness (QED) is 0.580. The van der Waals surface area contributed by atoms with Gasteiger partial charge in [0, 0.05) is 18.1 Å². The SMILES string of the molecule is Cl.Cl.O=C(CNCC1CC1)Nc1ccc(OCc2cn3ccccc3n2)cc1. The molecule has 0 radical (unpaired) electrons. The van der Waals surface area contributed by atoms with Crippen LogP contribution in [0.3, 0.4) is 0 Å². The van der Waals surface area contributed by atoms with Crippen molar-refractivity contribution in [3.8, 4) is 5.75 Å². The lowest BCUT2D eigenvalue weighted by Gasteiger charge is -2.08. The van der Waals surface area contributed by atoms with Gasteiger partial charge in [0.1, 0.15) is 18.0 Å². The number of pyridine rings is 1. The van der Waals surface area contributed by atoms with Gasteiger partial charge < -0.3 is 19.8 Å². The molecule has 1 aliphatic carbocycles. The molecule has 1 aromatic carbocycles. The third-order valence-electron chi connectivity index (χ3n) is 4.35. The molecule has 1 amide bonds. The lowest BCUT2D eigenvalue weighted by Crippen LogP contribution is -2.29. The molecule has 0 saturated heterocycles. The number of rotatable bonds is 8. The molecule has 2 N–H and O–H groups in total. The van der Waals surface area contributed by atoms with Crippen LogP contribution in [0.2, 0.25) is 0 Å². The highest BCUT2D eigenvalue weighted by molar-refractivity contribution is 5.92. The molecule has 0 unspecified atom stereocenters. The minimum absolute atomic E-state index is 0. The number of benzene rings is 1. The van der Waals surface area contributed by atoms with Crippen LogP contribution in [0.4, 0.5) is 5.69 Å². The molecule has 150 valence electrons. The van der Waals surface area contributed by atoms with Crippen LogP contribution in [0.5, 0.6) is 5.75 Å². The molecular weight excluding hydrogens is 399 g/mol. The van der Waals surface area contributed by atoms with Crippen molar-refractivity contribution < 1.29 is 9.53 Å². The monoisotopic (exact) mass is 422 g/mol. The summed E-state index contributed by atoms with van der Waals surface area (Å²) in [4.78, 5) is 16.4. The molecule has 1 saturated carbocycles. The Bertz CT molecular complexity index is 862. The number of ether oxygens (including phenoxy) is 1. The van der Waals surface area contributed by atoms with E-state index in [0.29, 0.717) is 13.2 Å². The Hall–Kier alpha value is -2.28. The predicted molar refractivity (Wildman–Crippen MR) is 115 cm³/mol. The van der Waals surface area contributed by atoms with E-state index in [0.717, 1.165) is 35.2 Å². The number of aromatic nitrogens is 2. The van der Waals surface area contributed by atoms with Crippen LogP contribution in [-0.2, 0) is 11.4 Å². The van der Waals surface area contributed by atoms with Crippen molar-refractivity contribution >= 4 is 42.1 Å². The van der Waals surface area contributed by atoms with Crippen molar-refractivity contribution in [2.24, 2.45) is 5.92 Å². The van der Waals surface area contributed by atoms with Crippen molar-refractivity contribution in [1.82, 2.24) is 14.7 Å². The summed E-state index contributed by atoms with van der Waals surface area (Å²) in [5.74, 6) is 1.49. The number of fused-ring (bicyclic) bond motifs is 1. The van der Waals surface area contributed by atoms with Crippen LogP contribution < -0.4 is 15.4 Å². The number of halogens is 2. The smallest absolute Gasteiger partial charge is 0.238 e. The summed E-state index contributed by atoms with van der Waals surface area (Å²) in [7, 11) is 0. The number of hydrogen-bond donors (Lipinski definition) is 2. The largest absolute Gasteiger partial charge is 0.487 e. The number of hydrogen-bond acceptors (Lipinski definition) is 4. The first-order valence-electron chi connectivity index (χ1n) is 8.92. The highest BCUT2D eigenvalue weighted by Gasteiger charge is 2.20. The highest BCUT2D eigenvalue weighted by atomic mass is 35.5. The molecule has 8 heteroatoms. The summed E-state index contributed by atoms with van der Waals surface area (Å²) in [5.41, 5.74) is 2.54. The maximum absolute atomic E-state index is 11.9. The lowest BCUT2D eigenvalue weighted by molar-refractivity contribution is -0.115. The van der Waals surface area contributed by atoms with E-state index < -0.39 is 0 Å². The second-order valence-electron chi connectivity index (χ2n) is 6.63. The van der Waals surface area contributed by atoms with Crippen molar-refractivity contribution in [2.45, 2.75) is 19.4 Å². The zero-order chi connectivity index (χ0) is 17.8. The van der Waals surface area contributed by atoms with Gasteiger partial charge in [0.25, 0.3) is 0 Å². The summed E-state index contributed by atoms with van der Waals surface area (Å²) >= 11 is 0. The van der Waals surface area contributed by atoms with Crippen LogP contribution >= 0.6 is 24.8 Å². The first kappa shape index (κ1) is 22.0. The van der Waals surface area contributed by atoms with E-state index in [9.17, 15) is 4.79 Å². The van der Waals surface area contributed by atoms with Gasteiger partial charge >= 0.3 is 0 Å². The predicted octanol–water partition coefficient (Wildman–Crippen LogP) is 3.70. The van der Waals surface area contributed by atoms with Crippen LogP contribution in [0.15, 0.2) is 54.9 Å².